The molecule has 0 amide bonds. The Balaban J connectivity index is 2.44. The van der Waals surface area contributed by atoms with Crippen LogP contribution in [0, 0.1) is 5.41 Å². The third-order valence-corrected chi connectivity index (χ3v) is 4.55. The van der Waals surface area contributed by atoms with Gasteiger partial charge in [-0.3, -0.25) is 5.41 Å². The molecule has 1 fully saturated rings. The summed E-state index contributed by atoms with van der Waals surface area (Å²) in [5.74, 6) is 0.887. The van der Waals surface area contributed by atoms with Crippen molar-refractivity contribution in [2.24, 2.45) is 5.73 Å². The molecule has 1 heterocycles. The van der Waals surface area contributed by atoms with E-state index in [2.05, 4.69) is 36.0 Å². The minimum Gasteiger partial charge on any atom is -0.384 e. The fourth-order valence-electron chi connectivity index (χ4n) is 3.33. The zero-order valence-electron chi connectivity index (χ0n) is 13.4. The Morgan fingerprint density at radius 1 is 1.19 bits per heavy atom. The van der Waals surface area contributed by atoms with Crippen molar-refractivity contribution in [3.8, 4) is 0 Å². The van der Waals surface area contributed by atoms with Crippen molar-refractivity contribution in [3.63, 3.8) is 0 Å². The molecule has 1 saturated carbocycles. The number of anilines is 1. The number of amidine groups is 1. The van der Waals surface area contributed by atoms with Crippen LogP contribution in [-0.4, -0.2) is 29.1 Å². The van der Waals surface area contributed by atoms with Gasteiger partial charge in [-0.1, -0.05) is 33.1 Å². The van der Waals surface area contributed by atoms with E-state index in [9.17, 15) is 0 Å². The molecule has 1 aromatic rings. The van der Waals surface area contributed by atoms with Gasteiger partial charge in [-0.15, -0.1) is 5.10 Å². The number of rotatable bonds is 5. The third-order valence-electron chi connectivity index (χ3n) is 4.55. The Morgan fingerprint density at radius 2 is 1.86 bits per heavy atom. The first-order chi connectivity index (χ1) is 10.1. The van der Waals surface area contributed by atoms with Gasteiger partial charge in [-0.25, -0.2) is 0 Å². The Morgan fingerprint density at radius 3 is 2.38 bits per heavy atom. The normalized spacial score (nSPS) is 16.0. The maximum atomic E-state index is 7.98. The standard InChI is InChI=1S/C16H27N5/c1-4-12-13(5-2)19-20-16(14(12)15(17)18)21(3)11-9-7-6-8-10-11/h11H,4-10H2,1-3H3,(H3,17,18). The molecule has 1 aliphatic carbocycles. The number of nitrogen functional groups attached to an aromatic ring is 1. The first-order valence-corrected chi connectivity index (χ1v) is 8.05. The summed E-state index contributed by atoms with van der Waals surface area (Å²) >= 11 is 0. The summed E-state index contributed by atoms with van der Waals surface area (Å²) < 4.78 is 0. The van der Waals surface area contributed by atoms with Crippen molar-refractivity contribution in [2.75, 3.05) is 11.9 Å². The van der Waals surface area contributed by atoms with Crippen LogP contribution in [0.4, 0.5) is 5.82 Å². The van der Waals surface area contributed by atoms with Crippen LogP contribution in [0.1, 0.15) is 62.8 Å². The van der Waals surface area contributed by atoms with Gasteiger partial charge in [-0.2, -0.15) is 5.10 Å². The molecule has 0 unspecified atom stereocenters. The van der Waals surface area contributed by atoms with Crippen LogP contribution in [0.15, 0.2) is 0 Å². The maximum Gasteiger partial charge on any atom is 0.162 e. The molecule has 0 aromatic carbocycles. The number of aryl methyl sites for hydroxylation is 1. The molecule has 0 aliphatic heterocycles. The van der Waals surface area contributed by atoms with Crippen LogP contribution in [0.25, 0.3) is 0 Å². The number of aromatic nitrogens is 2. The van der Waals surface area contributed by atoms with Gasteiger partial charge >= 0.3 is 0 Å². The Hall–Kier alpha value is -1.65. The van der Waals surface area contributed by atoms with Gasteiger partial charge in [0.15, 0.2) is 5.82 Å². The van der Waals surface area contributed by atoms with Crippen LogP contribution in [-0.2, 0) is 12.8 Å². The lowest BCUT2D eigenvalue weighted by Crippen LogP contribution is -2.36. The van der Waals surface area contributed by atoms with Crippen LogP contribution in [0.2, 0.25) is 0 Å². The van der Waals surface area contributed by atoms with Crippen molar-refractivity contribution in [1.29, 1.82) is 5.41 Å². The molecule has 0 radical (unpaired) electrons. The highest BCUT2D eigenvalue weighted by Gasteiger charge is 2.25. The molecular formula is C16H27N5. The minimum atomic E-state index is 0.106. The number of hydrogen-bond donors (Lipinski definition) is 2. The van der Waals surface area contributed by atoms with E-state index in [1.54, 1.807) is 0 Å². The summed E-state index contributed by atoms with van der Waals surface area (Å²) in [4.78, 5) is 2.20. The van der Waals surface area contributed by atoms with Gasteiger partial charge in [0.05, 0.1) is 11.3 Å². The summed E-state index contributed by atoms with van der Waals surface area (Å²) in [7, 11) is 2.07. The lowest BCUT2D eigenvalue weighted by molar-refractivity contribution is 0.425. The van der Waals surface area contributed by atoms with E-state index < -0.39 is 0 Å². The van der Waals surface area contributed by atoms with Gasteiger partial charge in [0.25, 0.3) is 0 Å². The molecule has 5 heteroatoms. The monoisotopic (exact) mass is 289 g/mol. The maximum absolute atomic E-state index is 7.98. The summed E-state index contributed by atoms with van der Waals surface area (Å²) in [6.45, 7) is 4.16. The van der Waals surface area contributed by atoms with E-state index in [4.69, 9.17) is 11.1 Å². The minimum absolute atomic E-state index is 0.106. The summed E-state index contributed by atoms with van der Waals surface area (Å²) in [5, 5.41) is 16.8. The van der Waals surface area contributed by atoms with E-state index in [1.165, 1.54) is 32.1 Å². The third kappa shape index (κ3) is 3.17. The number of hydrogen-bond acceptors (Lipinski definition) is 4. The van der Waals surface area contributed by atoms with Crippen LogP contribution in [0.5, 0.6) is 0 Å². The molecule has 3 N–H and O–H groups in total. The van der Waals surface area contributed by atoms with Crippen LogP contribution in [0.3, 0.4) is 0 Å². The second-order valence-electron chi connectivity index (χ2n) is 5.85. The highest BCUT2D eigenvalue weighted by molar-refractivity contribution is 6.01. The summed E-state index contributed by atoms with van der Waals surface area (Å²) in [6, 6.07) is 0.489. The van der Waals surface area contributed by atoms with Crippen molar-refractivity contribution in [1.82, 2.24) is 10.2 Å². The SMILES string of the molecule is CCc1nnc(N(C)C2CCCCC2)c(C(=N)N)c1CC. The van der Waals surface area contributed by atoms with Crippen LogP contribution < -0.4 is 10.6 Å². The van der Waals surface area contributed by atoms with Crippen molar-refractivity contribution in [2.45, 2.75) is 64.8 Å². The van der Waals surface area contributed by atoms with E-state index in [-0.39, 0.29) is 5.84 Å². The Labute approximate surface area is 127 Å². The summed E-state index contributed by atoms with van der Waals surface area (Å²) in [6.07, 6.45) is 7.89. The van der Waals surface area contributed by atoms with E-state index in [0.717, 1.165) is 35.5 Å². The lowest BCUT2D eigenvalue weighted by Gasteiger charge is -2.33. The molecule has 0 bridgehead atoms. The molecule has 0 atom stereocenters. The molecule has 1 aliphatic rings. The van der Waals surface area contributed by atoms with Gasteiger partial charge in [0, 0.05) is 13.1 Å². The van der Waals surface area contributed by atoms with Crippen molar-refractivity contribution < 1.29 is 0 Å². The van der Waals surface area contributed by atoms with Gasteiger partial charge < -0.3 is 10.6 Å². The van der Waals surface area contributed by atoms with Crippen LogP contribution >= 0.6 is 0 Å². The fourth-order valence-corrected chi connectivity index (χ4v) is 3.33. The number of nitrogens with zero attached hydrogens (tertiary/aromatic N) is 3. The molecule has 0 saturated heterocycles. The van der Waals surface area contributed by atoms with E-state index in [1.807, 2.05) is 0 Å². The fraction of sp³-hybridized carbons (Fsp3) is 0.688. The Bertz CT molecular complexity index is 506. The average molecular weight is 289 g/mol. The zero-order chi connectivity index (χ0) is 15.4. The van der Waals surface area contributed by atoms with Gasteiger partial charge in [0.2, 0.25) is 0 Å². The predicted octanol–water partition coefficient (Wildman–Crippen LogP) is 2.65. The summed E-state index contributed by atoms with van der Waals surface area (Å²) in [5.41, 5.74) is 8.70. The topological polar surface area (TPSA) is 78.9 Å². The number of nitrogens with one attached hydrogen (secondary N) is 1. The zero-order valence-corrected chi connectivity index (χ0v) is 13.4. The molecule has 5 nitrogen and oxygen atoms in total. The quantitative estimate of drug-likeness (QED) is 0.645. The van der Waals surface area contributed by atoms with Gasteiger partial charge in [0.1, 0.15) is 5.84 Å². The first-order valence-electron chi connectivity index (χ1n) is 8.05. The second-order valence-corrected chi connectivity index (χ2v) is 5.85. The second kappa shape index (κ2) is 6.87. The number of nitrogens with two attached hydrogens (primary N) is 1. The molecule has 0 spiro atoms. The highest BCUT2D eigenvalue weighted by atomic mass is 15.3. The van der Waals surface area contributed by atoms with E-state index in [0.29, 0.717) is 6.04 Å². The molecule has 2 rings (SSSR count). The lowest BCUT2D eigenvalue weighted by atomic mass is 9.93. The van der Waals surface area contributed by atoms with E-state index >= 15 is 0 Å². The largest absolute Gasteiger partial charge is 0.384 e. The van der Waals surface area contributed by atoms with Gasteiger partial charge in [-0.05, 0) is 31.2 Å². The highest BCUT2D eigenvalue weighted by Crippen LogP contribution is 2.29. The smallest absolute Gasteiger partial charge is 0.162 e. The Kier molecular flexibility index (Phi) is 5.15. The predicted molar refractivity (Wildman–Crippen MR) is 87.1 cm³/mol. The molecule has 116 valence electrons. The molecule has 1 aromatic heterocycles. The van der Waals surface area contributed by atoms with Crippen molar-refractivity contribution in [3.05, 3.63) is 16.8 Å². The first kappa shape index (κ1) is 15.7. The average Bonchev–Trinajstić information content (AvgIpc) is 2.53. The van der Waals surface area contributed by atoms with Crippen molar-refractivity contribution >= 4 is 11.7 Å². The molecular weight excluding hydrogens is 262 g/mol. The molecule has 21 heavy (non-hydrogen) atoms.